The van der Waals surface area contributed by atoms with Crippen LogP contribution in [0.1, 0.15) is 55.4 Å². The molecule has 1 rings (SSSR count). The molecule has 0 atom stereocenters. The minimum absolute atomic E-state index is 0.263. The molecular weight excluding hydrogens is 320 g/mol. The molecule has 5 heteroatoms. The van der Waals surface area contributed by atoms with E-state index in [2.05, 4.69) is 6.55 Å². The minimum Gasteiger partial charge on any atom is -0.488 e. The summed E-state index contributed by atoms with van der Waals surface area (Å²) in [5.41, 5.74) is -0.579. The molecule has 0 heterocycles. The van der Waals surface area contributed by atoms with Crippen LogP contribution in [0.15, 0.2) is 18.2 Å². The molecule has 0 saturated carbocycles. The Bertz CT molecular complexity index is 523. The lowest BCUT2D eigenvalue weighted by molar-refractivity contribution is 0.121. The highest BCUT2D eigenvalue weighted by Gasteiger charge is 2.38. The van der Waals surface area contributed by atoms with Crippen LogP contribution < -0.4 is 14.7 Å². The van der Waals surface area contributed by atoms with Crippen molar-refractivity contribution >= 4 is 13.7 Å². The van der Waals surface area contributed by atoms with E-state index in [1.807, 2.05) is 73.6 Å². The molecule has 4 nitrogen and oxygen atoms in total. The number of benzene rings is 1. The standard InChI is InChI=1S/C19H34O4Si/c1-10-20-24(9,21-11-2)17-13-12-15(22-18(3,4)5)14-16(17)23-19(6,7)8/h12-14H,10-11H2,1-9H3. The molecule has 0 spiro atoms. The van der Waals surface area contributed by atoms with Crippen molar-refractivity contribution in [3.8, 4) is 11.5 Å². The third kappa shape index (κ3) is 6.46. The first kappa shape index (κ1) is 21.0. The van der Waals surface area contributed by atoms with Crippen molar-refractivity contribution in [2.24, 2.45) is 0 Å². The number of ether oxygens (including phenoxy) is 2. The number of hydrogen-bond donors (Lipinski definition) is 0. The van der Waals surface area contributed by atoms with Crippen LogP contribution in [0.3, 0.4) is 0 Å². The van der Waals surface area contributed by atoms with Gasteiger partial charge in [0.05, 0.1) is 0 Å². The maximum atomic E-state index is 6.22. The molecule has 0 unspecified atom stereocenters. The highest BCUT2D eigenvalue weighted by Crippen LogP contribution is 2.27. The zero-order valence-corrected chi connectivity index (χ0v) is 17.8. The molecule has 0 aliphatic carbocycles. The Morgan fingerprint density at radius 1 is 0.833 bits per heavy atom. The normalized spacial score (nSPS) is 13.0. The van der Waals surface area contributed by atoms with Gasteiger partial charge in [-0.2, -0.15) is 0 Å². The second-order valence-electron chi connectivity index (χ2n) is 7.90. The van der Waals surface area contributed by atoms with Crippen LogP contribution in [-0.4, -0.2) is 33.0 Å². The average molecular weight is 355 g/mol. The van der Waals surface area contributed by atoms with Crippen LogP contribution in [0.5, 0.6) is 11.5 Å². The molecule has 0 bridgehead atoms. The first-order valence-electron chi connectivity index (χ1n) is 8.70. The molecule has 24 heavy (non-hydrogen) atoms. The zero-order chi connectivity index (χ0) is 18.6. The van der Waals surface area contributed by atoms with Gasteiger partial charge in [-0.1, -0.05) is 6.07 Å². The summed E-state index contributed by atoms with van der Waals surface area (Å²) >= 11 is 0. The molecule has 0 saturated heterocycles. The molecule has 0 radical (unpaired) electrons. The van der Waals surface area contributed by atoms with Crippen molar-refractivity contribution in [1.29, 1.82) is 0 Å². The van der Waals surface area contributed by atoms with Crippen LogP contribution >= 0.6 is 0 Å². The van der Waals surface area contributed by atoms with E-state index in [9.17, 15) is 0 Å². The molecule has 1 aromatic rings. The number of hydrogen-bond acceptors (Lipinski definition) is 4. The lowest BCUT2D eigenvalue weighted by atomic mass is 10.2. The fourth-order valence-corrected chi connectivity index (χ4v) is 4.91. The van der Waals surface area contributed by atoms with Gasteiger partial charge in [0.2, 0.25) is 0 Å². The minimum atomic E-state index is -2.53. The summed E-state index contributed by atoms with van der Waals surface area (Å²) < 4.78 is 24.3. The largest absolute Gasteiger partial charge is 0.488 e. The summed E-state index contributed by atoms with van der Waals surface area (Å²) in [4.78, 5) is 0. The Morgan fingerprint density at radius 3 is 1.75 bits per heavy atom. The highest BCUT2D eigenvalue weighted by molar-refractivity contribution is 6.80. The van der Waals surface area contributed by atoms with Crippen molar-refractivity contribution in [2.75, 3.05) is 13.2 Å². The Kier molecular flexibility index (Phi) is 6.91. The Balaban J connectivity index is 3.36. The summed E-state index contributed by atoms with van der Waals surface area (Å²) in [5.74, 6) is 1.56. The van der Waals surface area contributed by atoms with Gasteiger partial charge >= 0.3 is 8.56 Å². The van der Waals surface area contributed by atoms with Crippen LogP contribution in [0.25, 0.3) is 0 Å². The smallest absolute Gasteiger partial charge is 0.373 e. The van der Waals surface area contributed by atoms with Crippen molar-refractivity contribution < 1.29 is 18.3 Å². The summed E-state index contributed by atoms with van der Waals surface area (Å²) in [7, 11) is -2.53. The maximum absolute atomic E-state index is 6.22. The molecule has 0 fully saturated rings. The predicted octanol–water partition coefficient (Wildman–Crippen LogP) is 4.39. The Labute approximate surface area is 148 Å². The van der Waals surface area contributed by atoms with Gasteiger partial charge in [-0.15, -0.1) is 0 Å². The fourth-order valence-electron chi connectivity index (χ4n) is 2.46. The average Bonchev–Trinajstić information content (AvgIpc) is 2.35. The van der Waals surface area contributed by atoms with Crippen LogP contribution in [-0.2, 0) is 8.85 Å². The third-order valence-electron chi connectivity index (χ3n) is 3.12. The van der Waals surface area contributed by atoms with E-state index in [4.69, 9.17) is 18.3 Å². The van der Waals surface area contributed by atoms with E-state index in [0.29, 0.717) is 13.2 Å². The zero-order valence-electron chi connectivity index (χ0n) is 16.8. The maximum Gasteiger partial charge on any atom is 0.373 e. The second-order valence-corrected chi connectivity index (χ2v) is 10.9. The summed E-state index contributed by atoms with van der Waals surface area (Å²) in [6.45, 7) is 19.5. The van der Waals surface area contributed by atoms with Crippen molar-refractivity contribution in [2.45, 2.75) is 73.1 Å². The Morgan fingerprint density at radius 2 is 1.33 bits per heavy atom. The molecule has 0 amide bonds. The molecule has 1 aromatic carbocycles. The first-order chi connectivity index (χ1) is 10.9. The lowest BCUT2D eigenvalue weighted by Gasteiger charge is -2.31. The van der Waals surface area contributed by atoms with E-state index in [1.165, 1.54) is 0 Å². The molecular formula is C19H34O4Si. The summed E-state index contributed by atoms with van der Waals surface area (Å²) in [5, 5.41) is 1.00. The van der Waals surface area contributed by atoms with Crippen molar-refractivity contribution in [3.05, 3.63) is 18.2 Å². The Hall–Kier alpha value is -1.04. The van der Waals surface area contributed by atoms with Gasteiger partial charge in [-0.05, 0) is 68.0 Å². The highest BCUT2D eigenvalue weighted by atomic mass is 28.4. The predicted molar refractivity (Wildman–Crippen MR) is 102 cm³/mol. The topological polar surface area (TPSA) is 36.9 Å². The first-order valence-corrected chi connectivity index (χ1v) is 11.0. The van der Waals surface area contributed by atoms with Gasteiger partial charge < -0.3 is 18.3 Å². The van der Waals surface area contributed by atoms with Gasteiger partial charge in [-0.25, -0.2) is 0 Å². The number of rotatable bonds is 7. The summed E-state index contributed by atoms with van der Waals surface area (Å²) in [6.07, 6.45) is 0. The van der Waals surface area contributed by atoms with E-state index < -0.39 is 8.56 Å². The fraction of sp³-hybridized carbons (Fsp3) is 0.684. The molecule has 0 aliphatic rings. The van der Waals surface area contributed by atoms with Crippen LogP contribution in [0.2, 0.25) is 6.55 Å². The molecule has 0 N–H and O–H groups in total. The quantitative estimate of drug-likeness (QED) is 0.680. The van der Waals surface area contributed by atoms with E-state index in [1.54, 1.807) is 0 Å². The van der Waals surface area contributed by atoms with Gasteiger partial charge in [-0.3, -0.25) is 0 Å². The van der Waals surface area contributed by atoms with Gasteiger partial charge in [0.25, 0.3) is 0 Å². The van der Waals surface area contributed by atoms with Gasteiger partial charge in [0.1, 0.15) is 22.7 Å². The van der Waals surface area contributed by atoms with E-state index in [-0.39, 0.29) is 11.2 Å². The third-order valence-corrected chi connectivity index (χ3v) is 6.19. The van der Waals surface area contributed by atoms with Crippen molar-refractivity contribution in [3.63, 3.8) is 0 Å². The monoisotopic (exact) mass is 354 g/mol. The molecule has 138 valence electrons. The van der Waals surface area contributed by atoms with Crippen molar-refractivity contribution in [1.82, 2.24) is 0 Å². The second kappa shape index (κ2) is 7.89. The van der Waals surface area contributed by atoms with Gasteiger partial charge in [0, 0.05) is 24.5 Å². The van der Waals surface area contributed by atoms with Crippen LogP contribution in [0, 0.1) is 0 Å². The van der Waals surface area contributed by atoms with Crippen LogP contribution in [0.4, 0.5) is 0 Å². The van der Waals surface area contributed by atoms with Gasteiger partial charge in [0.15, 0.2) is 0 Å². The molecule has 0 aromatic heterocycles. The molecule has 0 aliphatic heterocycles. The van der Waals surface area contributed by atoms with E-state index in [0.717, 1.165) is 16.7 Å². The summed E-state index contributed by atoms with van der Waals surface area (Å²) in [6, 6.07) is 5.95. The van der Waals surface area contributed by atoms with E-state index >= 15 is 0 Å². The lowest BCUT2D eigenvalue weighted by Crippen LogP contribution is -2.52. The SMILES string of the molecule is CCO[Si](C)(OCC)c1ccc(OC(C)(C)C)cc1OC(C)(C)C.